The van der Waals surface area contributed by atoms with Crippen LogP contribution in [0, 0.1) is 0 Å². The number of rotatable bonds is 9. The molecule has 114 valence electrons. The minimum atomic E-state index is -3.47. The van der Waals surface area contributed by atoms with E-state index in [0.717, 1.165) is 12.1 Å². The summed E-state index contributed by atoms with van der Waals surface area (Å²) in [7, 11) is -1.90. The first-order chi connectivity index (χ1) is 9.57. The molecular formula is C14H24N2O3S. The first-order valence-electron chi connectivity index (χ1n) is 6.85. The molecule has 0 aliphatic rings. The fourth-order valence-corrected chi connectivity index (χ4v) is 3.60. The van der Waals surface area contributed by atoms with Crippen LogP contribution in [0.5, 0.6) is 0 Å². The fraction of sp³-hybridized carbons (Fsp3) is 0.571. The molecule has 5 nitrogen and oxygen atoms in total. The largest absolute Gasteiger partial charge is 0.383 e. The zero-order valence-corrected chi connectivity index (χ0v) is 13.2. The van der Waals surface area contributed by atoms with Gasteiger partial charge in [0.25, 0.3) is 0 Å². The average Bonchev–Trinajstić information content (AvgIpc) is 2.46. The molecule has 0 atom stereocenters. The van der Waals surface area contributed by atoms with E-state index < -0.39 is 10.0 Å². The molecule has 1 aromatic rings. The lowest BCUT2D eigenvalue weighted by Crippen LogP contribution is -2.34. The Hall–Kier alpha value is -0.950. The van der Waals surface area contributed by atoms with Crippen molar-refractivity contribution in [1.82, 2.24) is 9.62 Å². The topological polar surface area (TPSA) is 58.6 Å². The molecule has 0 aliphatic heterocycles. The summed E-state index contributed by atoms with van der Waals surface area (Å²) in [6.07, 6.45) is 0. The van der Waals surface area contributed by atoms with Crippen molar-refractivity contribution in [3.8, 4) is 0 Å². The molecule has 0 aromatic heterocycles. The van der Waals surface area contributed by atoms with E-state index in [1.165, 1.54) is 4.31 Å². The van der Waals surface area contributed by atoms with Crippen molar-refractivity contribution in [1.29, 1.82) is 0 Å². The fourth-order valence-electron chi connectivity index (χ4n) is 1.94. The van der Waals surface area contributed by atoms with E-state index in [2.05, 4.69) is 5.32 Å². The van der Waals surface area contributed by atoms with Crippen LogP contribution < -0.4 is 5.32 Å². The number of hydrogen-bond donors (Lipinski definition) is 1. The molecule has 0 spiro atoms. The van der Waals surface area contributed by atoms with Gasteiger partial charge in [0.2, 0.25) is 10.0 Å². The SMILES string of the molecule is CCNCc1ccccc1S(=O)(=O)N(CC)CCOC. The van der Waals surface area contributed by atoms with Gasteiger partial charge < -0.3 is 10.1 Å². The number of likely N-dealkylation sites (N-methyl/N-ethyl adjacent to an activating group) is 1. The molecule has 0 fully saturated rings. The molecule has 1 rings (SSSR count). The minimum Gasteiger partial charge on any atom is -0.383 e. The minimum absolute atomic E-state index is 0.366. The lowest BCUT2D eigenvalue weighted by molar-refractivity contribution is 0.180. The predicted octanol–water partition coefficient (Wildman–Crippen LogP) is 1.45. The molecule has 0 unspecified atom stereocenters. The third kappa shape index (κ3) is 4.28. The maximum absolute atomic E-state index is 12.7. The maximum atomic E-state index is 12.7. The first-order valence-corrected chi connectivity index (χ1v) is 8.29. The Morgan fingerprint density at radius 3 is 2.55 bits per heavy atom. The molecule has 6 heteroatoms. The van der Waals surface area contributed by atoms with Crippen LogP contribution in [0.15, 0.2) is 29.2 Å². The molecule has 0 heterocycles. The zero-order chi connectivity index (χ0) is 15.0. The summed E-state index contributed by atoms with van der Waals surface area (Å²) in [5, 5.41) is 3.17. The molecule has 0 aliphatic carbocycles. The number of nitrogens with one attached hydrogen (secondary N) is 1. The normalized spacial score (nSPS) is 12.0. The molecular weight excluding hydrogens is 276 g/mol. The van der Waals surface area contributed by atoms with Gasteiger partial charge in [-0.1, -0.05) is 32.0 Å². The number of methoxy groups -OCH3 is 1. The highest BCUT2D eigenvalue weighted by atomic mass is 32.2. The Morgan fingerprint density at radius 2 is 1.95 bits per heavy atom. The van der Waals surface area contributed by atoms with E-state index >= 15 is 0 Å². The van der Waals surface area contributed by atoms with Gasteiger partial charge in [0.15, 0.2) is 0 Å². The highest BCUT2D eigenvalue weighted by molar-refractivity contribution is 7.89. The van der Waals surface area contributed by atoms with E-state index in [4.69, 9.17) is 4.74 Å². The molecule has 0 bridgehead atoms. The second-order valence-corrected chi connectivity index (χ2v) is 6.28. The molecule has 0 radical (unpaired) electrons. The average molecular weight is 300 g/mol. The number of sulfonamides is 1. The van der Waals surface area contributed by atoms with Gasteiger partial charge in [-0.25, -0.2) is 8.42 Å². The molecule has 0 saturated heterocycles. The quantitative estimate of drug-likeness (QED) is 0.750. The Kier molecular flexibility index (Phi) is 7.15. The first kappa shape index (κ1) is 17.1. The highest BCUT2D eigenvalue weighted by Crippen LogP contribution is 2.20. The number of hydrogen-bond acceptors (Lipinski definition) is 4. The summed E-state index contributed by atoms with van der Waals surface area (Å²) in [4.78, 5) is 0.374. The zero-order valence-electron chi connectivity index (χ0n) is 12.4. The van der Waals surface area contributed by atoms with Gasteiger partial charge in [0, 0.05) is 26.7 Å². The summed E-state index contributed by atoms with van der Waals surface area (Å²) >= 11 is 0. The number of nitrogens with zero attached hydrogens (tertiary/aromatic N) is 1. The van der Waals surface area contributed by atoms with Gasteiger partial charge in [-0.15, -0.1) is 0 Å². The Morgan fingerprint density at radius 1 is 1.25 bits per heavy atom. The van der Waals surface area contributed by atoms with Gasteiger partial charge in [0.1, 0.15) is 0 Å². The second kappa shape index (κ2) is 8.36. The monoisotopic (exact) mass is 300 g/mol. The van der Waals surface area contributed by atoms with Gasteiger partial charge in [-0.3, -0.25) is 0 Å². The van der Waals surface area contributed by atoms with Crippen LogP contribution in [0.1, 0.15) is 19.4 Å². The summed E-state index contributed by atoms with van der Waals surface area (Å²) in [5.74, 6) is 0. The smallest absolute Gasteiger partial charge is 0.243 e. The van der Waals surface area contributed by atoms with Crippen LogP contribution in [-0.4, -0.2) is 46.1 Å². The van der Waals surface area contributed by atoms with Gasteiger partial charge >= 0.3 is 0 Å². The van der Waals surface area contributed by atoms with Crippen LogP contribution in [-0.2, 0) is 21.3 Å². The summed E-state index contributed by atoms with van der Waals surface area (Å²) in [5.41, 5.74) is 0.796. The van der Waals surface area contributed by atoms with Crippen LogP contribution in [0.2, 0.25) is 0 Å². The van der Waals surface area contributed by atoms with Crippen LogP contribution >= 0.6 is 0 Å². The molecule has 0 saturated carbocycles. The van der Waals surface area contributed by atoms with Crippen molar-refractivity contribution in [2.24, 2.45) is 0 Å². The van der Waals surface area contributed by atoms with Gasteiger partial charge in [-0.05, 0) is 18.2 Å². The summed E-state index contributed by atoms with van der Waals surface area (Å²) in [6, 6.07) is 7.13. The van der Waals surface area contributed by atoms with E-state index in [1.807, 2.05) is 26.0 Å². The standard InChI is InChI=1S/C14H24N2O3S/c1-4-15-12-13-8-6-7-9-14(13)20(17,18)16(5-2)10-11-19-3/h6-9,15H,4-5,10-12H2,1-3H3. The lowest BCUT2D eigenvalue weighted by Gasteiger charge is -2.21. The third-order valence-corrected chi connectivity index (χ3v) is 5.13. The van der Waals surface area contributed by atoms with E-state index in [-0.39, 0.29) is 0 Å². The summed E-state index contributed by atoms with van der Waals surface area (Å²) < 4.78 is 31.8. The van der Waals surface area contributed by atoms with Crippen molar-refractivity contribution >= 4 is 10.0 Å². The summed E-state index contributed by atoms with van der Waals surface area (Å²) in [6.45, 7) is 6.37. The lowest BCUT2D eigenvalue weighted by atomic mass is 10.2. The molecule has 20 heavy (non-hydrogen) atoms. The second-order valence-electron chi connectivity index (χ2n) is 4.38. The Balaban J connectivity index is 3.06. The van der Waals surface area contributed by atoms with E-state index in [0.29, 0.717) is 31.1 Å². The molecule has 1 aromatic carbocycles. The third-order valence-electron chi connectivity index (χ3n) is 3.05. The van der Waals surface area contributed by atoms with Crippen molar-refractivity contribution in [2.45, 2.75) is 25.3 Å². The van der Waals surface area contributed by atoms with E-state index in [9.17, 15) is 8.42 Å². The van der Waals surface area contributed by atoms with Gasteiger partial charge in [-0.2, -0.15) is 4.31 Å². The van der Waals surface area contributed by atoms with Crippen LogP contribution in [0.4, 0.5) is 0 Å². The van der Waals surface area contributed by atoms with Gasteiger partial charge in [0.05, 0.1) is 11.5 Å². The van der Waals surface area contributed by atoms with Crippen molar-refractivity contribution < 1.29 is 13.2 Å². The van der Waals surface area contributed by atoms with E-state index in [1.54, 1.807) is 19.2 Å². The van der Waals surface area contributed by atoms with Crippen LogP contribution in [0.25, 0.3) is 0 Å². The predicted molar refractivity (Wildman–Crippen MR) is 80.1 cm³/mol. The van der Waals surface area contributed by atoms with Crippen molar-refractivity contribution in [3.63, 3.8) is 0 Å². The Bertz CT molecular complexity index is 503. The van der Waals surface area contributed by atoms with Crippen molar-refractivity contribution in [3.05, 3.63) is 29.8 Å². The highest BCUT2D eigenvalue weighted by Gasteiger charge is 2.24. The Labute approximate surface area is 122 Å². The number of ether oxygens (including phenoxy) is 1. The molecule has 0 amide bonds. The molecule has 1 N–H and O–H groups in total. The maximum Gasteiger partial charge on any atom is 0.243 e. The van der Waals surface area contributed by atoms with Crippen LogP contribution in [0.3, 0.4) is 0 Å². The number of benzene rings is 1. The van der Waals surface area contributed by atoms with Crippen molar-refractivity contribution in [2.75, 3.05) is 33.4 Å².